The fraction of sp³-hybridized carbons (Fsp3) is 0.357. The van der Waals surface area contributed by atoms with Crippen LogP contribution in [0.3, 0.4) is 0 Å². The maximum atomic E-state index is 5.69. The molecule has 0 aliphatic rings. The number of rotatable bonds is 2. The van der Waals surface area contributed by atoms with E-state index in [1.54, 1.807) is 0 Å². The van der Waals surface area contributed by atoms with Crippen molar-refractivity contribution >= 4 is 32.7 Å². The molecule has 5 heteroatoms. The van der Waals surface area contributed by atoms with Crippen molar-refractivity contribution in [2.24, 2.45) is 12.8 Å². The third-order valence-corrected chi connectivity index (χ3v) is 4.41. The molecule has 0 saturated carbocycles. The molecular weight excluding hydrogens is 304 g/mol. The lowest BCUT2D eigenvalue weighted by atomic mass is 10.1. The summed E-state index contributed by atoms with van der Waals surface area (Å²) in [6.45, 7) is 4.86. The number of hydrogen-bond acceptors (Lipinski definition) is 2. The Kier molecular flexibility index (Phi) is 2.91. The quantitative estimate of drug-likeness (QED) is 0.789. The number of benzene rings is 1. The van der Waals surface area contributed by atoms with Crippen LogP contribution in [0, 0.1) is 13.8 Å². The standard InChI is InChI=1S/C14H17BrN4/c1-8-6-9(2)12-11(7-8)19-13(15)10(4-5-16)18(3)14(19)17-12/h6-7H,4-5,16H2,1-3H3. The zero-order valence-corrected chi connectivity index (χ0v) is 13.0. The van der Waals surface area contributed by atoms with E-state index in [-0.39, 0.29) is 0 Å². The molecular formula is C14H17BrN4. The average molecular weight is 321 g/mol. The van der Waals surface area contributed by atoms with E-state index >= 15 is 0 Å². The summed E-state index contributed by atoms with van der Waals surface area (Å²) in [5, 5.41) is 0. The van der Waals surface area contributed by atoms with Crippen LogP contribution in [0.4, 0.5) is 0 Å². The number of nitrogens with two attached hydrogens (primary N) is 1. The van der Waals surface area contributed by atoms with Gasteiger partial charge in [0.1, 0.15) is 4.60 Å². The van der Waals surface area contributed by atoms with Crippen LogP contribution in [-0.4, -0.2) is 20.5 Å². The van der Waals surface area contributed by atoms with Crippen LogP contribution < -0.4 is 5.73 Å². The molecule has 4 nitrogen and oxygen atoms in total. The van der Waals surface area contributed by atoms with Gasteiger partial charge < -0.3 is 10.3 Å². The number of halogens is 1. The van der Waals surface area contributed by atoms with Crippen molar-refractivity contribution in [1.82, 2.24) is 14.0 Å². The van der Waals surface area contributed by atoms with Crippen LogP contribution in [0.5, 0.6) is 0 Å². The van der Waals surface area contributed by atoms with Crippen molar-refractivity contribution in [3.63, 3.8) is 0 Å². The predicted molar refractivity (Wildman–Crippen MR) is 81.6 cm³/mol. The summed E-state index contributed by atoms with van der Waals surface area (Å²) in [7, 11) is 2.04. The first kappa shape index (κ1) is 12.7. The molecule has 0 aliphatic heterocycles. The molecule has 0 unspecified atom stereocenters. The van der Waals surface area contributed by atoms with Crippen LogP contribution in [-0.2, 0) is 13.5 Å². The fourth-order valence-electron chi connectivity index (χ4n) is 2.73. The zero-order valence-electron chi connectivity index (χ0n) is 11.4. The van der Waals surface area contributed by atoms with E-state index in [1.807, 2.05) is 7.05 Å². The molecule has 0 aliphatic carbocycles. The van der Waals surface area contributed by atoms with Crippen molar-refractivity contribution in [2.45, 2.75) is 20.3 Å². The molecule has 0 amide bonds. The second-order valence-electron chi connectivity index (χ2n) is 5.03. The van der Waals surface area contributed by atoms with E-state index < -0.39 is 0 Å². The summed E-state index contributed by atoms with van der Waals surface area (Å²) in [6.07, 6.45) is 0.840. The Balaban J connectivity index is 2.46. The van der Waals surface area contributed by atoms with Gasteiger partial charge in [-0.2, -0.15) is 0 Å². The molecule has 0 bridgehead atoms. The summed E-state index contributed by atoms with van der Waals surface area (Å²) >= 11 is 3.70. The number of hydrogen-bond donors (Lipinski definition) is 1. The summed E-state index contributed by atoms with van der Waals surface area (Å²) in [5.74, 6) is 0.957. The number of aryl methyl sites for hydroxylation is 3. The molecule has 2 heterocycles. The first-order valence-electron chi connectivity index (χ1n) is 6.37. The Hall–Kier alpha value is -1.33. The molecule has 3 aromatic rings. The predicted octanol–water partition coefficient (Wildman–Crippen LogP) is 2.71. The van der Waals surface area contributed by atoms with Crippen molar-refractivity contribution in [3.05, 3.63) is 33.6 Å². The van der Waals surface area contributed by atoms with Gasteiger partial charge in [-0.25, -0.2) is 4.98 Å². The van der Waals surface area contributed by atoms with Gasteiger partial charge in [-0.3, -0.25) is 4.40 Å². The largest absolute Gasteiger partial charge is 0.330 e. The van der Waals surface area contributed by atoms with E-state index in [0.717, 1.165) is 27.8 Å². The minimum atomic E-state index is 0.635. The molecule has 3 rings (SSSR count). The Morgan fingerprint density at radius 1 is 1.32 bits per heavy atom. The highest BCUT2D eigenvalue weighted by molar-refractivity contribution is 9.10. The first-order valence-corrected chi connectivity index (χ1v) is 7.16. The van der Waals surface area contributed by atoms with E-state index in [1.165, 1.54) is 16.8 Å². The summed E-state index contributed by atoms with van der Waals surface area (Å²) in [5.41, 5.74) is 11.6. The Morgan fingerprint density at radius 3 is 2.74 bits per heavy atom. The van der Waals surface area contributed by atoms with Gasteiger partial charge in [-0.1, -0.05) is 6.07 Å². The van der Waals surface area contributed by atoms with E-state index in [0.29, 0.717) is 6.54 Å². The third-order valence-electron chi connectivity index (χ3n) is 3.60. The topological polar surface area (TPSA) is 48.2 Å². The monoisotopic (exact) mass is 320 g/mol. The third kappa shape index (κ3) is 1.72. The molecule has 19 heavy (non-hydrogen) atoms. The maximum Gasteiger partial charge on any atom is 0.215 e. The maximum absolute atomic E-state index is 5.69. The number of aromatic nitrogens is 3. The minimum absolute atomic E-state index is 0.635. The van der Waals surface area contributed by atoms with Gasteiger partial charge in [0.2, 0.25) is 5.78 Å². The molecule has 0 atom stereocenters. The van der Waals surface area contributed by atoms with Gasteiger partial charge in [0, 0.05) is 13.5 Å². The van der Waals surface area contributed by atoms with Crippen LogP contribution >= 0.6 is 15.9 Å². The van der Waals surface area contributed by atoms with Crippen molar-refractivity contribution in [3.8, 4) is 0 Å². The molecule has 1 aromatic carbocycles. The fourth-order valence-corrected chi connectivity index (χ4v) is 3.54. The normalized spacial score (nSPS) is 11.8. The summed E-state index contributed by atoms with van der Waals surface area (Å²) in [4.78, 5) is 4.77. The van der Waals surface area contributed by atoms with Crippen LogP contribution in [0.25, 0.3) is 16.8 Å². The average Bonchev–Trinajstić information content (AvgIpc) is 2.82. The minimum Gasteiger partial charge on any atom is -0.330 e. The lowest BCUT2D eigenvalue weighted by Gasteiger charge is -2.02. The summed E-state index contributed by atoms with van der Waals surface area (Å²) < 4.78 is 5.34. The number of nitrogens with zero attached hydrogens (tertiary/aromatic N) is 3. The van der Waals surface area contributed by atoms with Crippen LogP contribution in [0.15, 0.2) is 16.7 Å². The van der Waals surface area contributed by atoms with E-state index in [2.05, 4.69) is 50.9 Å². The van der Waals surface area contributed by atoms with E-state index in [9.17, 15) is 0 Å². The lowest BCUT2D eigenvalue weighted by molar-refractivity contribution is 0.816. The second-order valence-corrected chi connectivity index (χ2v) is 5.78. The van der Waals surface area contributed by atoms with Gasteiger partial charge >= 0.3 is 0 Å². The molecule has 0 fully saturated rings. The van der Waals surface area contributed by atoms with E-state index in [4.69, 9.17) is 10.7 Å². The molecule has 2 N–H and O–H groups in total. The first-order chi connectivity index (χ1) is 9.04. The van der Waals surface area contributed by atoms with Gasteiger partial charge in [0.05, 0.1) is 16.7 Å². The smallest absolute Gasteiger partial charge is 0.215 e. The Labute approximate surface area is 120 Å². The van der Waals surface area contributed by atoms with Crippen molar-refractivity contribution in [1.29, 1.82) is 0 Å². The second kappa shape index (κ2) is 4.35. The SMILES string of the molecule is Cc1cc(C)c2nc3n(C)c(CCN)c(Br)n3c2c1. The van der Waals surface area contributed by atoms with Gasteiger partial charge in [0.25, 0.3) is 0 Å². The molecule has 0 radical (unpaired) electrons. The Bertz CT molecular complexity index is 782. The number of fused-ring (bicyclic) bond motifs is 3. The zero-order chi connectivity index (χ0) is 13.7. The number of imidazole rings is 2. The highest BCUT2D eigenvalue weighted by Crippen LogP contribution is 2.29. The van der Waals surface area contributed by atoms with Crippen LogP contribution in [0.1, 0.15) is 16.8 Å². The van der Waals surface area contributed by atoms with Crippen LogP contribution in [0.2, 0.25) is 0 Å². The molecule has 0 saturated heterocycles. The van der Waals surface area contributed by atoms with Crippen molar-refractivity contribution < 1.29 is 0 Å². The molecule has 2 aromatic heterocycles. The molecule has 0 spiro atoms. The van der Waals surface area contributed by atoms with Gasteiger partial charge in [-0.15, -0.1) is 0 Å². The highest BCUT2D eigenvalue weighted by atomic mass is 79.9. The molecule has 100 valence electrons. The Morgan fingerprint density at radius 2 is 2.05 bits per heavy atom. The lowest BCUT2D eigenvalue weighted by Crippen LogP contribution is -2.07. The summed E-state index contributed by atoms with van der Waals surface area (Å²) in [6, 6.07) is 4.35. The van der Waals surface area contributed by atoms with Gasteiger partial charge in [-0.05, 0) is 53.5 Å². The highest BCUT2D eigenvalue weighted by Gasteiger charge is 2.18. The van der Waals surface area contributed by atoms with Gasteiger partial charge in [0.15, 0.2) is 0 Å². The van der Waals surface area contributed by atoms with Crippen molar-refractivity contribution in [2.75, 3.05) is 6.54 Å².